The molecule has 0 fully saturated rings. The fourth-order valence-corrected chi connectivity index (χ4v) is 2.49. The van der Waals surface area contributed by atoms with Crippen molar-refractivity contribution in [3.63, 3.8) is 0 Å². The molecule has 5 nitrogen and oxygen atoms in total. The van der Waals surface area contributed by atoms with Crippen LogP contribution < -0.4 is 10.6 Å². The number of urea groups is 1. The molecule has 1 aromatic rings. The van der Waals surface area contributed by atoms with E-state index in [1.165, 1.54) is 16.7 Å². The molecule has 1 heterocycles. The number of carbonyl (C=O) groups excluding carboxylic acids is 1. The van der Waals surface area contributed by atoms with Crippen LogP contribution in [0.2, 0.25) is 0 Å². The summed E-state index contributed by atoms with van der Waals surface area (Å²) in [5.74, 6) is -1.05. The molecule has 0 saturated carbocycles. The lowest BCUT2D eigenvalue weighted by atomic mass is 10.2. The number of nitrogens with one attached hydrogen (secondary N) is 2. The third-order valence-corrected chi connectivity index (χ3v) is 3.42. The Morgan fingerprint density at radius 3 is 2.50 bits per heavy atom. The molecular formula is C12H18N2O3S. The fraction of sp³-hybridized carbons (Fsp3) is 0.500. The Morgan fingerprint density at radius 2 is 2.00 bits per heavy atom. The van der Waals surface area contributed by atoms with E-state index in [4.69, 9.17) is 5.11 Å². The molecule has 100 valence electrons. The number of rotatable bonds is 5. The fourth-order valence-electron chi connectivity index (χ4n) is 1.47. The van der Waals surface area contributed by atoms with E-state index in [0.717, 1.165) is 6.42 Å². The highest BCUT2D eigenvalue weighted by Gasteiger charge is 2.15. The molecule has 0 saturated heterocycles. The molecule has 0 aromatic carbocycles. The van der Waals surface area contributed by atoms with E-state index < -0.39 is 18.0 Å². The Balaban J connectivity index is 2.38. The minimum atomic E-state index is -1.05. The van der Waals surface area contributed by atoms with Crippen molar-refractivity contribution < 1.29 is 14.7 Å². The number of carbonyl (C=O) groups is 2. The zero-order valence-electron chi connectivity index (χ0n) is 10.7. The molecule has 1 rings (SSSR count). The van der Waals surface area contributed by atoms with E-state index in [-0.39, 0.29) is 6.04 Å². The first-order valence-electron chi connectivity index (χ1n) is 5.73. The van der Waals surface area contributed by atoms with Gasteiger partial charge in [-0.15, -0.1) is 11.3 Å². The van der Waals surface area contributed by atoms with Gasteiger partial charge in [0.15, 0.2) is 0 Å². The van der Waals surface area contributed by atoms with Gasteiger partial charge in [-0.3, -0.25) is 4.79 Å². The van der Waals surface area contributed by atoms with Crippen molar-refractivity contribution in [3.8, 4) is 0 Å². The lowest BCUT2D eigenvalue weighted by Crippen LogP contribution is -2.47. The van der Waals surface area contributed by atoms with Gasteiger partial charge < -0.3 is 15.7 Å². The number of hydrogen-bond acceptors (Lipinski definition) is 3. The van der Waals surface area contributed by atoms with E-state index in [1.54, 1.807) is 11.3 Å². The van der Waals surface area contributed by atoms with Crippen LogP contribution in [-0.2, 0) is 11.2 Å². The van der Waals surface area contributed by atoms with Crippen LogP contribution in [0.25, 0.3) is 0 Å². The number of carboxylic acid groups (broad SMARTS) is 1. The summed E-state index contributed by atoms with van der Waals surface area (Å²) in [4.78, 5) is 24.5. The molecule has 3 N–H and O–H groups in total. The molecule has 2 atom stereocenters. The molecular weight excluding hydrogens is 252 g/mol. The predicted molar refractivity (Wildman–Crippen MR) is 71.0 cm³/mol. The highest BCUT2D eigenvalue weighted by Crippen LogP contribution is 2.16. The number of aryl methyl sites for hydroxylation is 1. The molecule has 0 aliphatic heterocycles. The Bertz CT molecular complexity index is 431. The molecule has 0 spiro atoms. The molecule has 18 heavy (non-hydrogen) atoms. The smallest absolute Gasteiger partial charge is 0.325 e. The second kappa shape index (κ2) is 6.39. The lowest BCUT2D eigenvalue weighted by Gasteiger charge is -2.15. The summed E-state index contributed by atoms with van der Waals surface area (Å²) in [5.41, 5.74) is 0. The topological polar surface area (TPSA) is 78.4 Å². The highest BCUT2D eigenvalue weighted by molar-refractivity contribution is 7.11. The quantitative estimate of drug-likeness (QED) is 0.763. The minimum absolute atomic E-state index is 0.0379. The molecule has 1 aromatic heterocycles. The predicted octanol–water partition coefficient (Wildman–Crippen LogP) is 1.76. The van der Waals surface area contributed by atoms with Crippen LogP contribution in [0.3, 0.4) is 0 Å². The van der Waals surface area contributed by atoms with E-state index >= 15 is 0 Å². The standard InChI is InChI=1S/C12H18N2O3S/c1-7(6-10-5-4-8(2)18-10)13-12(17)14-9(3)11(15)16/h4-5,7,9H,6H2,1-3H3,(H,15,16)(H2,13,14,17). The monoisotopic (exact) mass is 270 g/mol. The average molecular weight is 270 g/mol. The summed E-state index contributed by atoms with van der Waals surface area (Å²) in [7, 11) is 0. The Kier molecular flexibility index (Phi) is 5.15. The molecule has 2 amide bonds. The molecule has 6 heteroatoms. The van der Waals surface area contributed by atoms with Gasteiger partial charge in [0.05, 0.1) is 0 Å². The maximum atomic E-state index is 11.5. The Labute approximate surface area is 110 Å². The van der Waals surface area contributed by atoms with Gasteiger partial charge in [0.1, 0.15) is 6.04 Å². The normalized spacial score (nSPS) is 13.7. The molecule has 0 bridgehead atoms. The van der Waals surface area contributed by atoms with E-state index in [2.05, 4.69) is 10.6 Å². The summed E-state index contributed by atoms with van der Waals surface area (Å²) < 4.78 is 0. The lowest BCUT2D eigenvalue weighted by molar-refractivity contribution is -0.138. The third kappa shape index (κ3) is 4.75. The zero-order chi connectivity index (χ0) is 13.7. The maximum Gasteiger partial charge on any atom is 0.325 e. The van der Waals surface area contributed by atoms with Crippen molar-refractivity contribution in [2.24, 2.45) is 0 Å². The number of aliphatic carboxylic acids is 1. The van der Waals surface area contributed by atoms with Crippen molar-refractivity contribution in [1.82, 2.24) is 10.6 Å². The molecule has 0 aliphatic carbocycles. The number of hydrogen-bond donors (Lipinski definition) is 3. The summed E-state index contributed by atoms with van der Waals surface area (Å²) in [6, 6.07) is 2.70. The van der Waals surface area contributed by atoms with Gasteiger partial charge in [-0.25, -0.2) is 4.79 Å². The summed E-state index contributed by atoms with van der Waals surface area (Å²) in [6.45, 7) is 5.35. The Hall–Kier alpha value is -1.56. The summed E-state index contributed by atoms with van der Waals surface area (Å²) >= 11 is 1.70. The van der Waals surface area contributed by atoms with Gasteiger partial charge in [-0.05, 0) is 32.9 Å². The van der Waals surface area contributed by atoms with E-state index in [0.29, 0.717) is 0 Å². The van der Waals surface area contributed by atoms with E-state index in [1.807, 2.05) is 26.0 Å². The van der Waals surface area contributed by atoms with Crippen molar-refractivity contribution in [1.29, 1.82) is 0 Å². The van der Waals surface area contributed by atoms with Crippen LogP contribution in [0.1, 0.15) is 23.6 Å². The van der Waals surface area contributed by atoms with Gasteiger partial charge >= 0.3 is 12.0 Å². The van der Waals surface area contributed by atoms with Crippen LogP contribution in [0.4, 0.5) is 4.79 Å². The first-order chi connectivity index (χ1) is 8.38. The van der Waals surface area contributed by atoms with Crippen LogP contribution in [0.15, 0.2) is 12.1 Å². The van der Waals surface area contributed by atoms with Crippen molar-refractivity contribution in [2.45, 2.75) is 39.3 Å². The highest BCUT2D eigenvalue weighted by atomic mass is 32.1. The molecule has 0 aliphatic rings. The van der Waals surface area contributed by atoms with Crippen molar-refractivity contribution in [3.05, 3.63) is 21.9 Å². The van der Waals surface area contributed by atoms with Crippen molar-refractivity contribution >= 4 is 23.3 Å². The van der Waals surface area contributed by atoms with Crippen LogP contribution in [-0.4, -0.2) is 29.2 Å². The Morgan fingerprint density at radius 1 is 1.33 bits per heavy atom. The minimum Gasteiger partial charge on any atom is -0.480 e. The van der Waals surface area contributed by atoms with Gasteiger partial charge in [0, 0.05) is 22.2 Å². The number of thiophene rings is 1. The maximum absolute atomic E-state index is 11.5. The zero-order valence-corrected chi connectivity index (χ0v) is 11.5. The van der Waals surface area contributed by atoms with Crippen LogP contribution in [0, 0.1) is 6.92 Å². The third-order valence-electron chi connectivity index (χ3n) is 2.40. The van der Waals surface area contributed by atoms with Gasteiger partial charge in [0.2, 0.25) is 0 Å². The van der Waals surface area contributed by atoms with E-state index in [9.17, 15) is 9.59 Å². The second-order valence-corrected chi connectivity index (χ2v) is 5.67. The summed E-state index contributed by atoms with van der Waals surface area (Å²) in [6.07, 6.45) is 0.743. The number of carboxylic acids is 1. The van der Waals surface area contributed by atoms with Gasteiger partial charge in [0.25, 0.3) is 0 Å². The second-order valence-electron chi connectivity index (χ2n) is 4.30. The average Bonchev–Trinajstić information content (AvgIpc) is 2.62. The van der Waals surface area contributed by atoms with Crippen molar-refractivity contribution in [2.75, 3.05) is 0 Å². The number of amides is 2. The van der Waals surface area contributed by atoms with Crippen LogP contribution in [0.5, 0.6) is 0 Å². The summed E-state index contributed by atoms with van der Waals surface area (Å²) in [5, 5.41) is 13.7. The van der Waals surface area contributed by atoms with Gasteiger partial charge in [-0.1, -0.05) is 0 Å². The first-order valence-corrected chi connectivity index (χ1v) is 6.55. The largest absolute Gasteiger partial charge is 0.480 e. The first kappa shape index (κ1) is 14.5. The molecule has 2 unspecified atom stereocenters. The van der Waals surface area contributed by atoms with Crippen LogP contribution >= 0.6 is 11.3 Å². The van der Waals surface area contributed by atoms with Gasteiger partial charge in [-0.2, -0.15) is 0 Å². The molecule has 0 radical (unpaired) electrons. The SMILES string of the molecule is Cc1ccc(CC(C)NC(=O)NC(C)C(=O)O)s1.